The van der Waals surface area contributed by atoms with E-state index >= 15 is 0 Å². The van der Waals surface area contributed by atoms with Crippen LogP contribution in [0.15, 0.2) is 56.8 Å². The number of benzene rings is 1. The van der Waals surface area contributed by atoms with Crippen molar-refractivity contribution in [3.8, 4) is 5.75 Å². The van der Waals surface area contributed by atoms with E-state index in [1.54, 1.807) is 30.3 Å². The SMILES string of the molecule is O=c1cc(CN2CCCC(NS(=O)(=O)c3ccccc3)C2)occ1O. The van der Waals surface area contributed by atoms with Gasteiger partial charge < -0.3 is 9.52 Å². The van der Waals surface area contributed by atoms with E-state index in [1.807, 2.05) is 4.90 Å². The molecule has 1 saturated heterocycles. The van der Waals surface area contributed by atoms with E-state index in [9.17, 15) is 18.3 Å². The fourth-order valence-electron chi connectivity index (χ4n) is 2.93. The quantitative estimate of drug-likeness (QED) is 0.829. The van der Waals surface area contributed by atoms with Gasteiger partial charge in [-0.3, -0.25) is 9.69 Å². The fraction of sp³-hybridized carbons (Fsp3) is 0.353. The smallest absolute Gasteiger partial charge is 0.240 e. The van der Waals surface area contributed by atoms with Crippen LogP contribution in [0.5, 0.6) is 5.75 Å². The maximum absolute atomic E-state index is 12.4. The minimum atomic E-state index is -3.55. The second-order valence-electron chi connectivity index (χ2n) is 6.10. The molecular weight excluding hydrogens is 344 g/mol. The van der Waals surface area contributed by atoms with Crippen LogP contribution >= 0.6 is 0 Å². The Morgan fingerprint density at radius 2 is 2.04 bits per heavy atom. The number of nitrogens with zero attached hydrogens (tertiary/aromatic N) is 1. The molecule has 7 nitrogen and oxygen atoms in total. The average molecular weight is 364 g/mol. The van der Waals surface area contributed by atoms with Gasteiger partial charge in [-0.15, -0.1) is 0 Å². The molecule has 1 aromatic carbocycles. The average Bonchev–Trinajstić information content (AvgIpc) is 2.59. The monoisotopic (exact) mass is 364 g/mol. The summed E-state index contributed by atoms with van der Waals surface area (Å²) in [7, 11) is -3.55. The molecule has 0 radical (unpaired) electrons. The lowest BCUT2D eigenvalue weighted by atomic mass is 10.1. The number of hydrogen-bond donors (Lipinski definition) is 2. The molecule has 0 aliphatic carbocycles. The maximum atomic E-state index is 12.4. The first-order chi connectivity index (χ1) is 11.9. The van der Waals surface area contributed by atoms with Crippen molar-refractivity contribution < 1.29 is 17.9 Å². The highest BCUT2D eigenvalue weighted by Crippen LogP contribution is 2.16. The van der Waals surface area contributed by atoms with Gasteiger partial charge in [-0.25, -0.2) is 13.1 Å². The van der Waals surface area contributed by atoms with Gasteiger partial charge in [-0.05, 0) is 31.5 Å². The van der Waals surface area contributed by atoms with Crippen molar-refractivity contribution in [1.29, 1.82) is 0 Å². The summed E-state index contributed by atoms with van der Waals surface area (Å²) < 4.78 is 32.8. The summed E-state index contributed by atoms with van der Waals surface area (Å²) in [4.78, 5) is 13.7. The van der Waals surface area contributed by atoms with E-state index < -0.39 is 21.2 Å². The number of likely N-dealkylation sites (tertiary alicyclic amines) is 1. The first-order valence-corrected chi connectivity index (χ1v) is 9.53. The summed E-state index contributed by atoms with van der Waals surface area (Å²) in [6.07, 6.45) is 2.61. The van der Waals surface area contributed by atoms with Crippen LogP contribution in [0.3, 0.4) is 0 Å². The van der Waals surface area contributed by atoms with Crippen LogP contribution in [0.4, 0.5) is 0 Å². The van der Waals surface area contributed by atoms with E-state index in [-0.39, 0.29) is 10.9 Å². The summed E-state index contributed by atoms with van der Waals surface area (Å²) in [6.45, 7) is 1.70. The summed E-state index contributed by atoms with van der Waals surface area (Å²) >= 11 is 0. The van der Waals surface area contributed by atoms with Gasteiger partial charge in [0.15, 0.2) is 5.75 Å². The maximum Gasteiger partial charge on any atom is 0.240 e. The number of aromatic hydroxyl groups is 1. The molecule has 1 atom stereocenters. The van der Waals surface area contributed by atoms with Crippen molar-refractivity contribution in [2.75, 3.05) is 13.1 Å². The van der Waals surface area contributed by atoms with Gasteiger partial charge in [0.2, 0.25) is 15.5 Å². The number of nitrogens with one attached hydrogen (secondary N) is 1. The Kier molecular flexibility index (Phi) is 5.22. The molecule has 8 heteroatoms. The predicted octanol–water partition coefficient (Wildman–Crippen LogP) is 1.29. The van der Waals surface area contributed by atoms with Crippen LogP contribution in [0.25, 0.3) is 0 Å². The number of rotatable bonds is 5. The zero-order chi connectivity index (χ0) is 17.9. The number of hydrogen-bond acceptors (Lipinski definition) is 6. The molecule has 2 heterocycles. The molecule has 0 saturated carbocycles. The van der Waals surface area contributed by atoms with Crippen molar-refractivity contribution in [3.63, 3.8) is 0 Å². The van der Waals surface area contributed by atoms with Crippen LogP contribution in [-0.4, -0.2) is 37.6 Å². The van der Waals surface area contributed by atoms with Gasteiger partial charge >= 0.3 is 0 Å². The van der Waals surface area contributed by atoms with Gasteiger partial charge in [-0.1, -0.05) is 18.2 Å². The highest BCUT2D eigenvalue weighted by Gasteiger charge is 2.25. The molecule has 2 aromatic rings. The van der Waals surface area contributed by atoms with E-state index in [2.05, 4.69) is 4.72 Å². The third-order valence-corrected chi connectivity index (χ3v) is 5.66. The van der Waals surface area contributed by atoms with Crippen LogP contribution in [0.2, 0.25) is 0 Å². The lowest BCUT2D eigenvalue weighted by Gasteiger charge is -2.32. The predicted molar refractivity (Wildman–Crippen MR) is 91.7 cm³/mol. The van der Waals surface area contributed by atoms with Crippen molar-refractivity contribution >= 4 is 10.0 Å². The zero-order valence-electron chi connectivity index (χ0n) is 13.6. The van der Waals surface area contributed by atoms with Gasteiger partial charge in [0.05, 0.1) is 11.4 Å². The third-order valence-electron chi connectivity index (χ3n) is 4.13. The first kappa shape index (κ1) is 17.7. The fourth-order valence-corrected chi connectivity index (χ4v) is 4.21. The molecule has 2 N–H and O–H groups in total. The molecule has 134 valence electrons. The Labute approximate surface area is 146 Å². The minimum absolute atomic E-state index is 0.206. The summed E-state index contributed by atoms with van der Waals surface area (Å²) in [5, 5.41) is 9.23. The van der Waals surface area contributed by atoms with Gasteiger partial charge in [0, 0.05) is 18.7 Å². The Bertz CT molecular complexity index is 879. The van der Waals surface area contributed by atoms with E-state index in [0.717, 1.165) is 25.6 Å². The topological polar surface area (TPSA) is 99.9 Å². The Balaban J connectivity index is 1.65. The normalized spacial score (nSPS) is 19.0. The molecule has 1 unspecified atom stereocenters. The first-order valence-electron chi connectivity index (χ1n) is 8.04. The van der Waals surface area contributed by atoms with E-state index in [4.69, 9.17) is 4.42 Å². The molecule has 0 spiro atoms. The molecule has 1 aromatic heterocycles. The van der Waals surface area contributed by atoms with Crippen molar-refractivity contribution in [1.82, 2.24) is 9.62 Å². The summed E-state index contributed by atoms with van der Waals surface area (Å²) in [5.41, 5.74) is -0.486. The second kappa shape index (κ2) is 7.38. The van der Waals surface area contributed by atoms with Crippen molar-refractivity contribution in [2.24, 2.45) is 0 Å². The van der Waals surface area contributed by atoms with Gasteiger partial charge in [0.25, 0.3) is 0 Å². The third kappa shape index (κ3) is 4.47. The minimum Gasteiger partial charge on any atom is -0.502 e. The van der Waals surface area contributed by atoms with Crippen LogP contribution in [0.1, 0.15) is 18.6 Å². The summed E-state index contributed by atoms with van der Waals surface area (Å²) in [6, 6.07) is 9.33. The summed E-state index contributed by atoms with van der Waals surface area (Å²) in [5.74, 6) is 0.0188. The van der Waals surface area contributed by atoms with Crippen molar-refractivity contribution in [2.45, 2.75) is 30.3 Å². The molecular formula is C17H20N2O5S. The largest absolute Gasteiger partial charge is 0.502 e. The van der Waals surface area contributed by atoms with E-state index in [0.29, 0.717) is 18.8 Å². The molecule has 3 rings (SSSR count). The van der Waals surface area contributed by atoms with Crippen LogP contribution in [-0.2, 0) is 16.6 Å². The lowest BCUT2D eigenvalue weighted by molar-refractivity contribution is 0.180. The van der Waals surface area contributed by atoms with Crippen molar-refractivity contribution in [3.05, 3.63) is 58.6 Å². The molecule has 1 fully saturated rings. The zero-order valence-corrected chi connectivity index (χ0v) is 14.4. The number of piperidine rings is 1. The molecule has 0 amide bonds. The van der Waals surface area contributed by atoms with Gasteiger partial charge in [0.1, 0.15) is 12.0 Å². The van der Waals surface area contributed by atoms with Crippen LogP contribution < -0.4 is 10.2 Å². The molecule has 1 aliphatic heterocycles. The second-order valence-corrected chi connectivity index (χ2v) is 7.82. The van der Waals surface area contributed by atoms with E-state index in [1.165, 1.54) is 6.07 Å². The standard InChI is InChI=1S/C17H20N2O5S/c20-16-9-14(24-12-17(16)21)11-19-8-4-5-13(10-19)18-25(22,23)15-6-2-1-3-7-15/h1-3,6-7,9,12-13,18,21H,4-5,8,10-11H2. The molecule has 1 aliphatic rings. The molecule has 25 heavy (non-hydrogen) atoms. The number of sulfonamides is 1. The highest BCUT2D eigenvalue weighted by atomic mass is 32.2. The highest BCUT2D eigenvalue weighted by molar-refractivity contribution is 7.89. The Hall–Kier alpha value is -2.16. The van der Waals surface area contributed by atoms with Crippen LogP contribution in [0, 0.1) is 0 Å². The Morgan fingerprint density at radius 1 is 1.28 bits per heavy atom. The molecule has 0 bridgehead atoms. The van der Waals surface area contributed by atoms with Gasteiger partial charge in [-0.2, -0.15) is 0 Å². The Morgan fingerprint density at radius 3 is 2.76 bits per heavy atom. The lowest BCUT2D eigenvalue weighted by Crippen LogP contribution is -2.47.